The van der Waals surface area contributed by atoms with Gasteiger partial charge in [-0.15, -0.1) is 0 Å². The van der Waals surface area contributed by atoms with E-state index in [1.54, 1.807) is 36.4 Å². The molecule has 0 saturated heterocycles. The molecule has 5 nitrogen and oxygen atoms in total. The predicted octanol–water partition coefficient (Wildman–Crippen LogP) is 3.62. The Morgan fingerprint density at radius 3 is 2.09 bits per heavy atom. The third-order valence-corrected chi connectivity index (χ3v) is 3.30. The molecule has 0 bridgehead atoms. The van der Waals surface area contributed by atoms with Crippen molar-refractivity contribution >= 4 is 23.2 Å². The zero-order chi connectivity index (χ0) is 16.1. The number of amides is 1. The van der Waals surface area contributed by atoms with Crippen molar-refractivity contribution in [2.24, 2.45) is 0 Å². The lowest BCUT2D eigenvalue weighted by Crippen LogP contribution is -2.15. The van der Waals surface area contributed by atoms with E-state index < -0.39 is 0 Å². The molecule has 0 aromatic heterocycles. The van der Waals surface area contributed by atoms with E-state index in [2.05, 4.69) is 5.32 Å². The molecule has 1 N–H and O–H groups in total. The topological polar surface area (TPSA) is 56.8 Å². The molecular formula is C16H16ClNO4. The number of rotatable bonds is 5. The molecule has 0 unspecified atom stereocenters. The molecule has 116 valence electrons. The smallest absolute Gasteiger partial charge is 0.263 e. The predicted molar refractivity (Wildman–Crippen MR) is 85.5 cm³/mol. The van der Waals surface area contributed by atoms with Crippen LogP contribution in [0.25, 0.3) is 0 Å². The molecule has 0 saturated carbocycles. The second-order valence-corrected chi connectivity index (χ2v) is 4.77. The van der Waals surface area contributed by atoms with Crippen LogP contribution in [0.3, 0.4) is 0 Å². The summed E-state index contributed by atoms with van der Waals surface area (Å²) in [4.78, 5) is 12.6. The largest absolute Gasteiger partial charge is 0.496 e. The Kier molecular flexibility index (Phi) is 5.12. The minimum atomic E-state index is -0.380. The number of nitrogens with one attached hydrogen (secondary N) is 1. The van der Waals surface area contributed by atoms with Gasteiger partial charge in [0.25, 0.3) is 5.91 Å². The number of benzene rings is 2. The Balaban J connectivity index is 2.40. The molecule has 0 aliphatic carbocycles. The maximum atomic E-state index is 12.6. The summed E-state index contributed by atoms with van der Waals surface area (Å²) in [5.41, 5.74) is 0.766. The van der Waals surface area contributed by atoms with E-state index in [1.807, 2.05) is 0 Å². The van der Waals surface area contributed by atoms with Gasteiger partial charge >= 0.3 is 0 Å². The highest BCUT2D eigenvalue weighted by Gasteiger charge is 2.19. The lowest BCUT2D eigenvalue weighted by molar-refractivity contribution is 0.102. The van der Waals surface area contributed by atoms with Crippen molar-refractivity contribution < 1.29 is 19.0 Å². The summed E-state index contributed by atoms with van der Waals surface area (Å²) in [5, 5.41) is 3.25. The summed E-state index contributed by atoms with van der Waals surface area (Å²) in [7, 11) is 4.50. The van der Waals surface area contributed by atoms with Crippen LogP contribution in [-0.2, 0) is 0 Å². The molecule has 2 aromatic carbocycles. The zero-order valence-electron chi connectivity index (χ0n) is 12.5. The third-order valence-electron chi connectivity index (χ3n) is 3.06. The van der Waals surface area contributed by atoms with Crippen molar-refractivity contribution in [2.45, 2.75) is 0 Å². The van der Waals surface area contributed by atoms with Crippen molar-refractivity contribution in [2.75, 3.05) is 26.6 Å². The van der Waals surface area contributed by atoms with Gasteiger partial charge in [0.15, 0.2) is 0 Å². The second kappa shape index (κ2) is 7.04. The zero-order valence-corrected chi connectivity index (χ0v) is 13.2. The number of ether oxygens (including phenoxy) is 3. The van der Waals surface area contributed by atoms with Crippen LogP contribution in [0.4, 0.5) is 5.69 Å². The minimum Gasteiger partial charge on any atom is -0.496 e. The van der Waals surface area contributed by atoms with Gasteiger partial charge in [-0.05, 0) is 30.3 Å². The molecular weight excluding hydrogens is 306 g/mol. The lowest BCUT2D eigenvalue weighted by atomic mass is 10.1. The summed E-state index contributed by atoms with van der Waals surface area (Å²) >= 11 is 5.96. The number of carbonyl (C=O) groups is 1. The normalized spacial score (nSPS) is 10.0. The van der Waals surface area contributed by atoms with E-state index in [4.69, 9.17) is 25.8 Å². The monoisotopic (exact) mass is 321 g/mol. The van der Waals surface area contributed by atoms with Crippen molar-refractivity contribution in [3.05, 3.63) is 47.0 Å². The van der Waals surface area contributed by atoms with Crippen molar-refractivity contribution in [1.82, 2.24) is 0 Å². The van der Waals surface area contributed by atoms with Crippen LogP contribution in [0.15, 0.2) is 36.4 Å². The first-order valence-electron chi connectivity index (χ1n) is 6.46. The molecule has 2 rings (SSSR count). The molecule has 0 spiro atoms. The van der Waals surface area contributed by atoms with Crippen LogP contribution in [0.5, 0.6) is 17.2 Å². The van der Waals surface area contributed by atoms with Gasteiger partial charge in [0.1, 0.15) is 22.8 Å². The molecule has 2 aromatic rings. The van der Waals surface area contributed by atoms with Gasteiger partial charge in [-0.3, -0.25) is 4.79 Å². The first kappa shape index (κ1) is 16.0. The molecule has 0 aliphatic heterocycles. The molecule has 0 aliphatic rings. The van der Waals surface area contributed by atoms with Gasteiger partial charge in [0.2, 0.25) is 0 Å². The number of carbonyl (C=O) groups excluding carboxylic acids is 1. The highest BCUT2D eigenvalue weighted by molar-refractivity contribution is 6.31. The summed E-state index contributed by atoms with van der Waals surface area (Å²) in [6.45, 7) is 0. The Morgan fingerprint density at radius 2 is 1.55 bits per heavy atom. The van der Waals surface area contributed by atoms with Gasteiger partial charge in [-0.2, -0.15) is 0 Å². The number of hydrogen-bond acceptors (Lipinski definition) is 4. The van der Waals surface area contributed by atoms with Crippen LogP contribution in [-0.4, -0.2) is 27.2 Å². The Morgan fingerprint density at radius 1 is 0.955 bits per heavy atom. The third kappa shape index (κ3) is 3.26. The highest BCUT2D eigenvalue weighted by atomic mass is 35.5. The van der Waals surface area contributed by atoms with Crippen LogP contribution in [0.2, 0.25) is 5.02 Å². The average molecular weight is 322 g/mol. The van der Waals surface area contributed by atoms with Crippen LogP contribution < -0.4 is 19.5 Å². The maximum absolute atomic E-state index is 12.6. The summed E-state index contributed by atoms with van der Waals surface area (Å²) < 4.78 is 15.7. The first-order valence-corrected chi connectivity index (χ1v) is 6.84. The van der Waals surface area contributed by atoms with Gasteiger partial charge in [-0.25, -0.2) is 0 Å². The van der Waals surface area contributed by atoms with E-state index in [9.17, 15) is 4.79 Å². The fourth-order valence-corrected chi connectivity index (χ4v) is 2.21. The number of methoxy groups -OCH3 is 3. The summed E-state index contributed by atoms with van der Waals surface area (Å²) in [6, 6.07) is 10.1. The second-order valence-electron chi connectivity index (χ2n) is 4.34. The SMILES string of the molecule is COc1ccc(Cl)cc1NC(=O)c1c(OC)cccc1OC. The first-order chi connectivity index (χ1) is 10.6. The fraction of sp³-hybridized carbons (Fsp3) is 0.188. The number of anilines is 1. The molecule has 0 radical (unpaired) electrons. The number of hydrogen-bond donors (Lipinski definition) is 1. The lowest BCUT2D eigenvalue weighted by Gasteiger charge is -2.14. The van der Waals surface area contributed by atoms with E-state index >= 15 is 0 Å². The van der Waals surface area contributed by atoms with E-state index in [-0.39, 0.29) is 5.91 Å². The Hall–Kier alpha value is -2.40. The molecule has 22 heavy (non-hydrogen) atoms. The Labute approximate surface area is 133 Å². The number of halogens is 1. The summed E-state index contributed by atoms with van der Waals surface area (Å²) in [6.07, 6.45) is 0. The van der Waals surface area contributed by atoms with Crippen molar-refractivity contribution in [3.8, 4) is 17.2 Å². The van der Waals surface area contributed by atoms with Crippen molar-refractivity contribution in [3.63, 3.8) is 0 Å². The standard InChI is InChI=1S/C16H16ClNO4/c1-20-12-8-7-10(17)9-11(12)18-16(19)15-13(21-2)5-4-6-14(15)22-3/h4-9H,1-3H3,(H,18,19). The van der Waals surface area contributed by atoms with Crippen molar-refractivity contribution in [1.29, 1.82) is 0 Å². The van der Waals surface area contributed by atoms with Gasteiger partial charge in [0, 0.05) is 5.02 Å². The molecule has 0 fully saturated rings. The fourth-order valence-electron chi connectivity index (χ4n) is 2.04. The average Bonchev–Trinajstić information content (AvgIpc) is 2.54. The molecule has 6 heteroatoms. The van der Waals surface area contributed by atoms with Gasteiger partial charge < -0.3 is 19.5 Å². The van der Waals surface area contributed by atoms with E-state index in [1.165, 1.54) is 21.3 Å². The highest BCUT2D eigenvalue weighted by Crippen LogP contribution is 2.32. The van der Waals surface area contributed by atoms with Gasteiger partial charge in [0.05, 0.1) is 27.0 Å². The maximum Gasteiger partial charge on any atom is 0.263 e. The van der Waals surface area contributed by atoms with E-state index in [0.29, 0.717) is 33.5 Å². The minimum absolute atomic E-state index is 0.300. The van der Waals surface area contributed by atoms with Gasteiger partial charge in [-0.1, -0.05) is 17.7 Å². The van der Waals surface area contributed by atoms with Crippen LogP contribution in [0, 0.1) is 0 Å². The van der Waals surface area contributed by atoms with E-state index in [0.717, 1.165) is 0 Å². The molecule has 1 amide bonds. The molecule has 0 heterocycles. The Bertz CT molecular complexity index is 666. The quantitative estimate of drug-likeness (QED) is 0.914. The van der Waals surface area contributed by atoms with Crippen LogP contribution in [0.1, 0.15) is 10.4 Å². The van der Waals surface area contributed by atoms with Crippen LogP contribution >= 0.6 is 11.6 Å². The summed E-state index contributed by atoms with van der Waals surface area (Å²) in [5.74, 6) is 0.956. The molecule has 0 atom stereocenters.